The van der Waals surface area contributed by atoms with E-state index in [4.69, 9.17) is 5.73 Å². The summed E-state index contributed by atoms with van der Waals surface area (Å²) in [5, 5.41) is 5.78. The number of fused-ring (bicyclic) bond motifs is 1. The van der Waals surface area contributed by atoms with Crippen LogP contribution in [0.2, 0.25) is 0 Å². The monoisotopic (exact) mass is 315 g/mol. The number of hydrogen-bond acceptors (Lipinski definition) is 4. The number of aryl methyl sites for hydroxylation is 1. The number of nitrogens with zero attached hydrogens (tertiary/aromatic N) is 1. The highest BCUT2D eigenvalue weighted by molar-refractivity contribution is 7.09. The molecule has 0 spiro atoms. The number of aromatic nitrogens is 1. The molecule has 3 rings (SSSR count). The second-order valence-electron chi connectivity index (χ2n) is 5.66. The summed E-state index contributed by atoms with van der Waals surface area (Å²) in [6, 6.07) is 8.56. The Bertz CT molecular complexity index is 653. The van der Waals surface area contributed by atoms with Crippen LogP contribution < -0.4 is 11.1 Å². The Morgan fingerprint density at radius 1 is 1.41 bits per heavy atom. The lowest BCUT2D eigenvalue weighted by Crippen LogP contribution is -2.30. The molecule has 0 bridgehead atoms. The van der Waals surface area contributed by atoms with Crippen molar-refractivity contribution in [3.8, 4) is 0 Å². The number of benzene rings is 1. The van der Waals surface area contributed by atoms with Gasteiger partial charge in [-0.15, -0.1) is 11.3 Å². The molecular formula is C17H21N3OS. The van der Waals surface area contributed by atoms with E-state index in [1.54, 1.807) is 0 Å². The van der Waals surface area contributed by atoms with Crippen LogP contribution in [-0.2, 0) is 12.8 Å². The van der Waals surface area contributed by atoms with E-state index in [0.29, 0.717) is 24.7 Å². The summed E-state index contributed by atoms with van der Waals surface area (Å²) < 4.78 is 0. The first-order chi connectivity index (χ1) is 10.8. The highest BCUT2D eigenvalue weighted by atomic mass is 32.1. The Labute approximate surface area is 134 Å². The SMILES string of the molecule is NCCc1nc(C(=O)NCC2CCCc3ccccc32)cs1. The minimum atomic E-state index is -0.0809. The van der Waals surface area contributed by atoms with Gasteiger partial charge in [-0.05, 0) is 36.9 Å². The van der Waals surface area contributed by atoms with Gasteiger partial charge in [-0.25, -0.2) is 4.98 Å². The highest BCUT2D eigenvalue weighted by Gasteiger charge is 2.21. The summed E-state index contributed by atoms with van der Waals surface area (Å²) >= 11 is 1.50. The molecule has 4 nitrogen and oxygen atoms in total. The van der Waals surface area contributed by atoms with Crippen molar-refractivity contribution >= 4 is 17.2 Å². The molecule has 0 radical (unpaired) electrons. The maximum atomic E-state index is 12.2. The van der Waals surface area contributed by atoms with Gasteiger partial charge in [0.1, 0.15) is 5.69 Å². The van der Waals surface area contributed by atoms with Crippen LogP contribution >= 0.6 is 11.3 Å². The number of carbonyl (C=O) groups excluding carboxylic acids is 1. The van der Waals surface area contributed by atoms with Crippen LogP contribution in [0.4, 0.5) is 0 Å². The fourth-order valence-electron chi connectivity index (χ4n) is 3.03. The van der Waals surface area contributed by atoms with E-state index in [2.05, 4.69) is 34.6 Å². The average molecular weight is 315 g/mol. The van der Waals surface area contributed by atoms with E-state index >= 15 is 0 Å². The zero-order valence-corrected chi connectivity index (χ0v) is 13.4. The Morgan fingerprint density at radius 2 is 2.27 bits per heavy atom. The number of thiazole rings is 1. The molecule has 0 saturated heterocycles. The average Bonchev–Trinajstić information content (AvgIpc) is 3.02. The van der Waals surface area contributed by atoms with Crippen molar-refractivity contribution in [3.63, 3.8) is 0 Å². The first-order valence-electron chi connectivity index (χ1n) is 7.78. The van der Waals surface area contributed by atoms with Crippen LogP contribution in [-0.4, -0.2) is 24.0 Å². The van der Waals surface area contributed by atoms with Crippen LogP contribution in [0.5, 0.6) is 0 Å². The van der Waals surface area contributed by atoms with Gasteiger partial charge in [-0.2, -0.15) is 0 Å². The second kappa shape index (κ2) is 7.03. The minimum absolute atomic E-state index is 0.0809. The molecule has 3 N–H and O–H groups in total. The third kappa shape index (κ3) is 3.36. The largest absolute Gasteiger partial charge is 0.350 e. The fourth-order valence-corrected chi connectivity index (χ4v) is 3.82. The van der Waals surface area contributed by atoms with Crippen LogP contribution in [0.15, 0.2) is 29.6 Å². The van der Waals surface area contributed by atoms with Crippen LogP contribution in [0.1, 0.15) is 45.4 Å². The molecule has 22 heavy (non-hydrogen) atoms. The van der Waals surface area contributed by atoms with Gasteiger partial charge in [0, 0.05) is 24.3 Å². The van der Waals surface area contributed by atoms with Crippen LogP contribution in [0, 0.1) is 0 Å². The molecule has 2 aromatic rings. The zero-order chi connectivity index (χ0) is 15.4. The maximum absolute atomic E-state index is 12.2. The van der Waals surface area contributed by atoms with Gasteiger partial charge < -0.3 is 11.1 Å². The summed E-state index contributed by atoms with van der Waals surface area (Å²) in [4.78, 5) is 16.6. The smallest absolute Gasteiger partial charge is 0.270 e. The topological polar surface area (TPSA) is 68.0 Å². The summed E-state index contributed by atoms with van der Waals surface area (Å²) in [7, 11) is 0. The molecular weight excluding hydrogens is 294 g/mol. The Kier molecular flexibility index (Phi) is 4.85. The lowest BCUT2D eigenvalue weighted by molar-refractivity contribution is 0.0946. The predicted molar refractivity (Wildman–Crippen MR) is 89.3 cm³/mol. The lowest BCUT2D eigenvalue weighted by Gasteiger charge is -2.25. The van der Waals surface area contributed by atoms with Gasteiger partial charge in [0.25, 0.3) is 5.91 Å². The Balaban J connectivity index is 1.61. The number of carbonyl (C=O) groups is 1. The molecule has 1 heterocycles. The quantitative estimate of drug-likeness (QED) is 0.891. The van der Waals surface area contributed by atoms with Crippen LogP contribution in [0.3, 0.4) is 0 Å². The van der Waals surface area contributed by atoms with E-state index in [1.165, 1.54) is 28.9 Å². The van der Waals surface area contributed by atoms with E-state index in [0.717, 1.165) is 24.3 Å². The standard InChI is InChI=1S/C17H21N3OS/c18-9-8-16-20-15(11-22-16)17(21)19-10-13-6-3-5-12-4-1-2-7-14(12)13/h1-2,4,7,11,13H,3,5-6,8-10,18H2,(H,19,21). The van der Waals surface area contributed by atoms with Gasteiger partial charge in [-0.1, -0.05) is 24.3 Å². The first kappa shape index (κ1) is 15.2. The van der Waals surface area contributed by atoms with Crippen molar-refractivity contribution in [2.75, 3.05) is 13.1 Å². The highest BCUT2D eigenvalue weighted by Crippen LogP contribution is 2.30. The normalized spacial score (nSPS) is 17.0. The number of amides is 1. The summed E-state index contributed by atoms with van der Waals surface area (Å²) in [6.45, 7) is 1.24. The second-order valence-corrected chi connectivity index (χ2v) is 6.61. The van der Waals surface area contributed by atoms with E-state index in [-0.39, 0.29) is 5.91 Å². The molecule has 1 amide bonds. The van der Waals surface area contributed by atoms with Crippen molar-refractivity contribution in [2.24, 2.45) is 5.73 Å². The van der Waals surface area contributed by atoms with Gasteiger partial charge in [0.05, 0.1) is 5.01 Å². The van der Waals surface area contributed by atoms with E-state index in [1.807, 2.05) is 5.38 Å². The molecule has 0 aliphatic heterocycles. The molecule has 1 atom stereocenters. The molecule has 1 aromatic heterocycles. The van der Waals surface area contributed by atoms with Crippen molar-refractivity contribution in [3.05, 3.63) is 51.5 Å². The molecule has 1 unspecified atom stereocenters. The summed E-state index contributed by atoms with van der Waals surface area (Å²) in [5.74, 6) is 0.332. The number of nitrogens with one attached hydrogen (secondary N) is 1. The lowest BCUT2D eigenvalue weighted by atomic mass is 9.83. The van der Waals surface area contributed by atoms with E-state index in [9.17, 15) is 4.79 Å². The van der Waals surface area contributed by atoms with Gasteiger partial charge >= 0.3 is 0 Å². The summed E-state index contributed by atoms with van der Waals surface area (Å²) in [5.41, 5.74) is 8.83. The fraction of sp³-hybridized carbons (Fsp3) is 0.412. The van der Waals surface area contributed by atoms with Gasteiger partial charge in [0.2, 0.25) is 0 Å². The summed E-state index contributed by atoms with van der Waals surface area (Å²) in [6.07, 6.45) is 4.20. The molecule has 1 aliphatic carbocycles. The third-order valence-electron chi connectivity index (χ3n) is 4.15. The molecule has 1 aromatic carbocycles. The number of rotatable bonds is 5. The van der Waals surface area contributed by atoms with Crippen molar-refractivity contribution in [1.29, 1.82) is 0 Å². The number of nitrogens with two attached hydrogens (primary N) is 1. The van der Waals surface area contributed by atoms with Crippen LogP contribution in [0.25, 0.3) is 0 Å². The Morgan fingerprint density at radius 3 is 3.14 bits per heavy atom. The number of hydrogen-bond donors (Lipinski definition) is 2. The maximum Gasteiger partial charge on any atom is 0.270 e. The predicted octanol–water partition coefficient (Wildman–Crippen LogP) is 2.49. The van der Waals surface area contributed by atoms with Crippen molar-refractivity contribution in [1.82, 2.24) is 10.3 Å². The molecule has 116 valence electrons. The molecule has 5 heteroatoms. The zero-order valence-electron chi connectivity index (χ0n) is 12.5. The Hall–Kier alpha value is -1.72. The van der Waals surface area contributed by atoms with Gasteiger partial charge in [0.15, 0.2) is 0 Å². The minimum Gasteiger partial charge on any atom is -0.350 e. The van der Waals surface area contributed by atoms with Crippen molar-refractivity contribution in [2.45, 2.75) is 31.6 Å². The molecule has 1 aliphatic rings. The molecule has 0 fully saturated rings. The molecule has 0 saturated carbocycles. The van der Waals surface area contributed by atoms with Gasteiger partial charge in [-0.3, -0.25) is 4.79 Å². The third-order valence-corrected chi connectivity index (χ3v) is 5.05. The van der Waals surface area contributed by atoms with E-state index < -0.39 is 0 Å². The first-order valence-corrected chi connectivity index (χ1v) is 8.66. The van der Waals surface area contributed by atoms with Crippen molar-refractivity contribution < 1.29 is 4.79 Å².